The summed E-state index contributed by atoms with van der Waals surface area (Å²) in [4.78, 5) is 8.14. The second kappa shape index (κ2) is 6.41. The van der Waals surface area contributed by atoms with Crippen molar-refractivity contribution in [3.05, 3.63) is 29.6 Å². The van der Waals surface area contributed by atoms with E-state index in [4.69, 9.17) is 0 Å². The van der Waals surface area contributed by atoms with Crippen molar-refractivity contribution in [1.82, 2.24) is 15.3 Å². The molecular formula is C13H19Cl2N3. The lowest BCUT2D eigenvalue weighted by Crippen LogP contribution is -2.28. The van der Waals surface area contributed by atoms with E-state index in [2.05, 4.69) is 40.4 Å². The van der Waals surface area contributed by atoms with E-state index in [1.807, 2.05) is 0 Å². The molecule has 2 aromatic rings. The number of hydrogen-bond acceptors (Lipinski definition) is 2. The molecule has 3 nitrogen and oxygen atoms in total. The SMILES string of the molecule is Cc1ccc2nc(C3CCCNC3)[nH]c2c1.Cl.Cl. The Kier molecular flexibility index (Phi) is 5.45. The van der Waals surface area contributed by atoms with E-state index in [0.29, 0.717) is 5.92 Å². The molecule has 1 aromatic heterocycles. The van der Waals surface area contributed by atoms with Crippen molar-refractivity contribution in [3.8, 4) is 0 Å². The third kappa shape index (κ3) is 2.97. The van der Waals surface area contributed by atoms with E-state index in [1.165, 1.54) is 23.9 Å². The third-order valence-corrected chi connectivity index (χ3v) is 3.34. The summed E-state index contributed by atoms with van der Waals surface area (Å²) in [5.74, 6) is 1.70. The van der Waals surface area contributed by atoms with Gasteiger partial charge in [0.15, 0.2) is 0 Å². The molecule has 18 heavy (non-hydrogen) atoms. The first-order valence-electron chi connectivity index (χ1n) is 6.00. The van der Waals surface area contributed by atoms with Crippen LogP contribution in [0.1, 0.15) is 30.1 Å². The first-order chi connectivity index (χ1) is 7.83. The number of piperidine rings is 1. The minimum Gasteiger partial charge on any atom is -0.342 e. The number of aromatic nitrogens is 2. The Labute approximate surface area is 120 Å². The highest BCUT2D eigenvalue weighted by atomic mass is 35.5. The number of nitrogens with zero attached hydrogens (tertiary/aromatic N) is 1. The Morgan fingerprint density at radius 1 is 1.28 bits per heavy atom. The van der Waals surface area contributed by atoms with E-state index in [9.17, 15) is 0 Å². The highest BCUT2D eigenvalue weighted by molar-refractivity contribution is 5.85. The molecule has 3 rings (SSSR count). The summed E-state index contributed by atoms with van der Waals surface area (Å²) in [7, 11) is 0. The summed E-state index contributed by atoms with van der Waals surface area (Å²) in [6.45, 7) is 4.32. The predicted octanol–water partition coefficient (Wildman–Crippen LogP) is 3.18. The number of hydrogen-bond donors (Lipinski definition) is 2. The maximum absolute atomic E-state index is 4.68. The van der Waals surface area contributed by atoms with Gasteiger partial charge in [0.05, 0.1) is 11.0 Å². The van der Waals surface area contributed by atoms with E-state index >= 15 is 0 Å². The normalized spacial score (nSPS) is 19.1. The van der Waals surface area contributed by atoms with Crippen molar-refractivity contribution in [2.45, 2.75) is 25.7 Å². The topological polar surface area (TPSA) is 40.7 Å². The molecule has 1 saturated heterocycles. The fraction of sp³-hybridized carbons (Fsp3) is 0.462. The maximum Gasteiger partial charge on any atom is 0.111 e. The molecule has 1 aliphatic heterocycles. The Morgan fingerprint density at radius 2 is 2.11 bits per heavy atom. The van der Waals surface area contributed by atoms with Gasteiger partial charge in [-0.25, -0.2) is 4.98 Å². The average molecular weight is 288 g/mol. The van der Waals surface area contributed by atoms with Gasteiger partial charge in [0, 0.05) is 12.5 Å². The summed E-state index contributed by atoms with van der Waals surface area (Å²) in [5.41, 5.74) is 3.54. The highest BCUT2D eigenvalue weighted by Gasteiger charge is 2.18. The number of imidazole rings is 1. The van der Waals surface area contributed by atoms with E-state index in [-0.39, 0.29) is 24.8 Å². The molecule has 0 amide bonds. The first-order valence-corrected chi connectivity index (χ1v) is 6.00. The van der Waals surface area contributed by atoms with Crippen molar-refractivity contribution >= 4 is 35.8 Å². The lowest BCUT2D eigenvalue weighted by atomic mass is 9.99. The standard InChI is InChI=1S/C13H17N3.2ClH/c1-9-4-5-11-12(7-9)16-13(15-11)10-3-2-6-14-8-10;;/h4-5,7,10,14H,2-3,6,8H2,1H3,(H,15,16);2*1H. The molecule has 1 unspecified atom stereocenters. The van der Waals surface area contributed by atoms with Crippen molar-refractivity contribution < 1.29 is 0 Å². The van der Waals surface area contributed by atoms with Gasteiger partial charge in [-0.2, -0.15) is 0 Å². The van der Waals surface area contributed by atoms with E-state index < -0.39 is 0 Å². The number of aromatic amines is 1. The summed E-state index contributed by atoms with van der Waals surface area (Å²) >= 11 is 0. The average Bonchev–Trinajstić information content (AvgIpc) is 2.73. The van der Waals surface area contributed by atoms with Gasteiger partial charge in [0.1, 0.15) is 5.82 Å². The number of halogens is 2. The largest absolute Gasteiger partial charge is 0.342 e. The lowest BCUT2D eigenvalue weighted by Gasteiger charge is -2.20. The molecular weight excluding hydrogens is 269 g/mol. The molecule has 0 spiro atoms. The summed E-state index contributed by atoms with van der Waals surface area (Å²) in [6.07, 6.45) is 2.49. The molecule has 5 heteroatoms. The molecule has 100 valence electrons. The van der Waals surface area contributed by atoms with Crippen LogP contribution in [-0.2, 0) is 0 Å². The molecule has 2 heterocycles. The monoisotopic (exact) mass is 287 g/mol. The number of aryl methyl sites for hydroxylation is 1. The third-order valence-electron chi connectivity index (χ3n) is 3.34. The molecule has 1 fully saturated rings. The van der Waals surface area contributed by atoms with Gasteiger partial charge in [-0.15, -0.1) is 24.8 Å². The minimum absolute atomic E-state index is 0. The summed E-state index contributed by atoms with van der Waals surface area (Å²) in [6, 6.07) is 6.38. The van der Waals surface area contributed by atoms with Gasteiger partial charge in [-0.05, 0) is 44.0 Å². The molecule has 0 radical (unpaired) electrons. The van der Waals surface area contributed by atoms with Gasteiger partial charge in [0.2, 0.25) is 0 Å². The van der Waals surface area contributed by atoms with E-state index in [0.717, 1.165) is 24.4 Å². The Morgan fingerprint density at radius 3 is 2.83 bits per heavy atom. The molecule has 2 N–H and O–H groups in total. The molecule has 1 atom stereocenters. The number of nitrogens with one attached hydrogen (secondary N) is 2. The van der Waals surface area contributed by atoms with Gasteiger partial charge >= 0.3 is 0 Å². The van der Waals surface area contributed by atoms with Crippen LogP contribution in [0.3, 0.4) is 0 Å². The second-order valence-electron chi connectivity index (χ2n) is 4.69. The Balaban J connectivity index is 0.000000810. The molecule has 0 bridgehead atoms. The molecule has 0 aliphatic carbocycles. The molecule has 1 aromatic carbocycles. The first kappa shape index (κ1) is 15.3. The highest BCUT2D eigenvalue weighted by Crippen LogP contribution is 2.23. The number of rotatable bonds is 1. The smallest absolute Gasteiger partial charge is 0.111 e. The van der Waals surface area contributed by atoms with Gasteiger partial charge < -0.3 is 10.3 Å². The van der Waals surface area contributed by atoms with Gasteiger partial charge in [-0.3, -0.25) is 0 Å². The van der Waals surface area contributed by atoms with Gasteiger partial charge in [-0.1, -0.05) is 6.07 Å². The van der Waals surface area contributed by atoms with Crippen LogP contribution < -0.4 is 5.32 Å². The maximum atomic E-state index is 4.68. The lowest BCUT2D eigenvalue weighted by molar-refractivity contribution is 0.449. The fourth-order valence-electron chi connectivity index (χ4n) is 2.42. The Hall–Kier alpha value is -0.770. The van der Waals surface area contributed by atoms with Crippen LogP contribution in [0.25, 0.3) is 11.0 Å². The molecule has 1 aliphatic rings. The summed E-state index contributed by atoms with van der Waals surface area (Å²) in [5, 5.41) is 3.43. The zero-order valence-electron chi connectivity index (χ0n) is 10.4. The Bertz CT molecular complexity index is 504. The van der Waals surface area contributed by atoms with Crippen LogP contribution in [-0.4, -0.2) is 23.1 Å². The number of fused-ring (bicyclic) bond motifs is 1. The van der Waals surface area contributed by atoms with Crippen LogP contribution in [0.4, 0.5) is 0 Å². The molecule has 0 saturated carbocycles. The van der Waals surface area contributed by atoms with Gasteiger partial charge in [0.25, 0.3) is 0 Å². The number of benzene rings is 1. The van der Waals surface area contributed by atoms with Crippen LogP contribution in [0, 0.1) is 6.92 Å². The van der Waals surface area contributed by atoms with Crippen LogP contribution in [0.15, 0.2) is 18.2 Å². The van der Waals surface area contributed by atoms with Crippen LogP contribution in [0.5, 0.6) is 0 Å². The fourth-order valence-corrected chi connectivity index (χ4v) is 2.42. The predicted molar refractivity (Wildman–Crippen MR) is 80.2 cm³/mol. The quantitative estimate of drug-likeness (QED) is 0.846. The zero-order valence-corrected chi connectivity index (χ0v) is 12.0. The number of H-pyrrole nitrogens is 1. The van der Waals surface area contributed by atoms with Crippen molar-refractivity contribution in [3.63, 3.8) is 0 Å². The minimum atomic E-state index is 0. The van der Waals surface area contributed by atoms with E-state index in [1.54, 1.807) is 0 Å². The van der Waals surface area contributed by atoms with Crippen LogP contribution >= 0.6 is 24.8 Å². The zero-order chi connectivity index (χ0) is 11.0. The van der Waals surface area contributed by atoms with Crippen molar-refractivity contribution in [2.24, 2.45) is 0 Å². The van der Waals surface area contributed by atoms with Crippen molar-refractivity contribution in [2.75, 3.05) is 13.1 Å². The summed E-state index contributed by atoms with van der Waals surface area (Å²) < 4.78 is 0. The second-order valence-corrected chi connectivity index (χ2v) is 4.69. The van der Waals surface area contributed by atoms with Crippen LogP contribution in [0.2, 0.25) is 0 Å². The van der Waals surface area contributed by atoms with Crippen molar-refractivity contribution in [1.29, 1.82) is 0 Å².